The van der Waals surface area contributed by atoms with Crippen LogP contribution in [0.4, 0.5) is 5.69 Å². The fraction of sp³-hybridized carbons (Fsp3) is 0.133. The second-order valence-corrected chi connectivity index (χ2v) is 4.20. The van der Waals surface area contributed by atoms with Crippen molar-refractivity contribution in [2.45, 2.75) is 6.54 Å². The summed E-state index contributed by atoms with van der Waals surface area (Å²) in [6.07, 6.45) is 0. The number of aromatic hydroxyl groups is 1. The third-order valence-electron chi connectivity index (χ3n) is 2.93. The van der Waals surface area contributed by atoms with Crippen LogP contribution in [0.3, 0.4) is 0 Å². The van der Waals surface area contributed by atoms with Crippen LogP contribution in [0, 0.1) is 0 Å². The fourth-order valence-corrected chi connectivity index (χ4v) is 1.85. The molecule has 0 bridgehead atoms. The van der Waals surface area contributed by atoms with E-state index in [-0.39, 0.29) is 11.7 Å². The minimum Gasteiger partial charge on any atom is -0.504 e. The molecule has 20 heavy (non-hydrogen) atoms. The Morgan fingerprint density at radius 3 is 2.70 bits per heavy atom. The number of hydrogen-bond donors (Lipinski definition) is 3. The molecule has 0 aliphatic rings. The third kappa shape index (κ3) is 2.89. The maximum atomic E-state index is 12.1. The van der Waals surface area contributed by atoms with Crippen molar-refractivity contribution in [1.29, 1.82) is 0 Å². The Hall–Kier alpha value is -2.53. The van der Waals surface area contributed by atoms with Gasteiger partial charge in [-0.15, -0.1) is 0 Å². The molecule has 0 aliphatic carbocycles. The van der Waals surface area contributed by atoms with Gasteiger partial charge in [0.1, 0.15) is 0 Å². The lowest BCUT2D eigenvalue weighted by Gasteiger charge is -2.10. The molecule has 0 aromatic heterocycles. The first-order valence-corrected chi connectivity index (χ1v) is 6.12. The Bertz CT molecular complexity index is 626. The molecule has 5 nitrogen and oxygen atoms in total. The first kappa shape index (κ1) is 13.9. The molecule has 0 radical (unpaired) electrons. The summed E-state index contributed by atoms with van der Waals surface area (Å²) in [6.45, 7) is 0.338. The Labute approximate surface area is 117 Å². The van der Waals surface area contributed by atoms with Gasteiger partial charge in [0, 0.05) is 17.8 Å². The van der Waals surface area contributed by atoms with Crippen LogP contribution in [0.2, 0.25) is 0 Å². The molecular formula is C15H16N2O3. The first-order valence-electron chi connectivity index (χ1n) is 6.12. The van der Waals surface area contributed by atoms with Gasteiger partial charge in [0.2, 0.25) is 0 Å². The largest absolute Gasteiger partial charge is 0.504 e. The highest BCUT2D eigenvalue weighted by Gasteiger charge is 2.11. The number of rotatable bonds is 4. The number of phenolic OH excluding ortho intramolecular Hbond substituents is 1. The Morgan fingerprint density at radius 1 is 1.30 bits per heavy atom. The fourth-order valence-electron chi connectivity index (χ4n) is 1.85. The summed E-state index contributed by atoms with van der Waals surface area (Å²) < 4.78 is 4.94. The number of carbonyl (C=O) groups excluding carboxylic acids is 1. The Balaban J connectivity index is 2.22. The van der Waals surface area contributed by atoms with Gasteiger partial charge in [-0.25, -0.2) is 0 Å². The summed E-state index contributed by atoms with van der Waals surface area (Å²) in [5.74, 6) is -0.0694. The zero-order valence-corrected chi connectivity index (χ0v) is 11.1. The minimum absolute atomic E-state index is 0.0766. The van der Waals surface area contributed by atoms with Crippen LogP contribution in [-0.2, 0) is 6.54 Å². The molecule has 1 amide bonds. The van der Waals surface area contributed by atoms with Crippen LogP contribution in [0.1, 0.15) is 15.9 Å². The summed E-state index contributed by atoms with van der Waals surface area (Å²) in [6, 6.07) is 11.8. The van der Waals surface area contributed by atoms with E-state index in [4.69, 9.17) is 10.5 Å². The Kier molecular flexibility index (Phi) is 4.22. The molecule has 0 unspecified atom stereocenters. The first-order chi connectivity index (χ1) is 9.65. The molecule has 2 aromatic carbocycles. The van der Waals surface area contributed by atoms with Crippen molar-refractivity contribution < 1.29 is 14.6 Å². The molecule has 0 saturated carbocycles. The lowest BCUT2D eigenvalue weighted by molar-refractivity contribution is 0.102. The highest BCUT2D eigenvalue weighted by Crippen LogP contribution is 2.26. The number of para-hydroxylation sites is 1. The molecular weight excluding hydrogens is 256 g/mol. The van der Waals surface area contributed by atoms with Gasteiger partial charge in [-0.2, -0.15) is 0 Å². The van der Waals surface area contributed by atoms with Crippen molar-refractivity contribution in [3.05, 3.63) is 53.6 Å². The Morgan fingerprint density at radius 2 is 2.05 bits per heavy atom. The predicted octanol–water partition coefficient (Wildman–Crippen LogP) is 2.11. The van der Waals surface area contributed by atoms with Crippen molar-refractivity contribution in [3.8, 4) is 11.5 Å². The monoisotopic (exact) mass is 272 g/mol. The van der Waals surface area contributed by atoms with Crippen LogP contribution in [0.25, 0.3) is 0 Å². The average Bonchev–Trinajstić information content (AvgIpc) is 2.47. The van der Waals surface area contributed by atoms with Crippen molar-refractivity contribution >= 4 is 11.6 Å². The van der Waals surface area contributed by atoms with E-state index >= 15 is 0 Å². The molecule has 2 rings (SSSR count). The normalized spacial score (nSPS) is 10.1. The number of methoxy groups -OCH3 is 1. The number of nitrogens with one attached hydrogen (secondary N) is 1. The van der Waals surface area contributed by atoms with Crippen LogP contribution in [0.15, 0.2) is 42.5 Å². The molecule has 104 valence electrons. The van der Waals surface area contributed by atoms with Gasteiger partial charge >= 0.3 is 0 Å². The van der Waals surface area contributed by atoms with E-state index in [2.05, 4.69) is 5.32 Å². The van der Waals surface area contributed by atoms with Crippen molar-refractivity contribution in [2.24, 2.45) is 5.73 Å². The molecule has 2 aromatic rings. The van der Waals surface area contributed by atoms with Crippen LogP contribution in [0.5, 0.6) is 11.5 Å². The lowest BCUT2D eigenvalue weighted by atomic mass is 10.1. The number of nitrogens with two attached hydrogens (primary N) is 1. The van der Waals surface area contributed by atoms with Crippen molar-refractivity contribution in [2.75, 3.05) is 12.4 Å². The third-order valence-corrected chi connectivity index (χ3v) is 2.93. The maximum absolute atomic E-state index is 12.1. The van der Waals surface area contributed by atoms with Gasteiger partial charge in [-0.3, -0.25) is 4.79 Å². The molecule has 0 saturated heterocycles. The van der Waals surface area contributed by atoms with E-state index in [9.17, 15) is 9.90 Å². The number of carbonyl (C=O) groups is 1. The smallest absolute Gasteiger partial charge is 0.255 e. The molecule has 5 heteroatoms. The molecule has 0 spiro atoms. The molecule has 0 heterocycles. The van der Waals surface area contributed by atoms with Crippen LogP contribution in [-0.4, -0.2) is 18.1 Å². The standard InChI is InChI=1S/C15H16N2O3/c1-20-14-7-6-10(8-13(14)18)15(19)17-12-5-3-2-4-11(12)9-16/h2-8,18H,9,16H2,1H3,(H,17,19). The van der Waals surface area contributed by atoms with Gasteiger partial charge in [-0.05, 0) is 29.8 Å². The molecule has 0 aliphatic heterocycles. The number of amides is 1. The van der Waals surface area contributed by atoms with Crippen molar-refractivity contribution in [3.63, 3.8) is 0 Å². The summed E-state index contributed by atoms with van der Waals surface area (Å²) in [4.78, 5) is 12.1. The van der Waals surface area contributed by atoms with E-state index < -0.39 is 0 Å². The summed E-state index contributed by atoms with van der Waals surface area (Å²) in [5.41, 5.74) is 7.47. The van der Waals surface area contributed by atoms with Crippen LogP contribution >= 0.6 is 0 Å². The number of ether oxygens (including phenoxy) is 1. The number of phenols is 1. The van der Waals surface area contributed by atoms with E-state index in [1.54, 1.807) is 18.2 Å². The zero-order chi connectivity index (χ0) is 14.5. The average molecular weight is 272 g/mol. The highest BCUT2D eigenvalue weighted by atomic mass is 16.5. The summed E-state index contributed by atoms with van der Waals surface area (Å²) >= 11 is 0. The topological polar surface area (TPSA) is 84.6 Å². The minimum atomic E-state index is -0.316. The summed E-state index contributed by atoms with van der Waals surface area (Å²) in [5, 5.41) is 12.5. The lowest BCUT2D eigenvalue weighted by Crippen LogP contribution is -2.14. The predicted molar refractivity (Wildman–Crippen MR) is 76.9 cm³/mol. The number of anilines is 1. The SMILES string of the molecule is COc1ccc(C(=O)Nc2ccccc2CN)cc1O. The van der Waals surface area contributed by atoms with Gasteiger partial charge in [-0.1, -0.05) is 18.2 Å². The second-order valence-electron chi connectivity index (χ2n) is 4.20. The van der Waals surface area contributed by atoms with Crippen molar-refractivity contribution in [1.82, 2.24) is 0 Å². The van der Waals surface area contributed by atoms with E-state index in [1.165, 1.54) is 13.2 Å². The van der Waals surface area contributed by atoms with E-state index in [0.717, 1.165) is 5.56 Å². The number of hydrogen-bond acceptors (Lipinski definition) is 4. The number of benzene rings is 2. The second kappa shape index (κ2) is 6.08. The quantitative estimate of drug-likeness (QED) is 0.795. The molecule has 4 N–H and O–H groups in total. The molecule has 0 fully saturated rings. The van der Waals surface area contributed by atoms with Crippen LogP contribution < -0.4 is 15.8 Å². The van der Waals surface area contributed by atoms with Gasteiger partial charge in [0.05, 0.1) is 7.11 Å². The molecule has 0 atom stereocenters. The maximum Gasteiger partial charge on any atom is 0.255 e. The van der Waals surface area contributed by atoms with Gasteiger partial charge in [0.15, 0.2) is 11.5 Å². The highest BCUT2D eigenvalue weighted by molar-refractivity contribution is 6.05. The zero-order valence-electron chi connectivity index (χ0n) is 11.1. The summed E-state index contributed by atoms with van der Waals surface area (Å²) in [7, 11) is 1.45. The van der Waals surface area contributed by atoms with Gasteiger partial charge < -0.3 is 20.9 Å². The van der Waals surface area contributed by atoms with E-state index in [0.29, 0.717) is 23.5 Å². The van der Waals surface area contributed by atoms with E-state index in [1.807, 2.05) is 18.2 Å². The van der Waals surface area contributed by atoms with Gasteiger partial charge in [0.25, 0.3) is 5.91 Å².